The van der Waals surface area contributed by atoms with Crippen LogP contribution in [0.3, 0.4) is 0 Å². The summed E-state index contributed by atoms with van der Waals surface area (Å²) >= 11 is 0. The first kappa shape index (κ1) is 24.9. The van der Waals surface area contributed by atoms with Crippen LogP contribution in [0, 0.1) is 18.6 Å². The highest BCUT2D eigenvalue weighted by molar-refractivity contribution is 5.43. The molecule has 3 aromatic rings. The van der Waals surface area contributed by atoms with Crippen molar-refractivity contribution in [2.75, 3.05) is 6.54 Å². The molecule has 2 aromatic carbocycles. The Bertz CT molecular complexity index is 1020. The van der Waals surface area contributed by atoms with Gasteiger partial charge in [-0.1, -0.05) is 19.8 Å². The molecule has 0 amide bonds. The zero-order valence-electron chi connectivity index (χ0n) is 19.8. The number of hydrogen-bond acceptors (Lipinski definition) is 4. The van der Waals surface area contributed by atoms with Gasteiger partial charge in [-0.05, 0) is 75.7 Å². The van der Waals surface area contributed by atoms with Gasteiger partial charge < -0.3 is 9.84 Å². The summed E-state index contributed by atoms with van der Waals surface area (Å²) in [4.78, 5) is 2.19. The highest BCUT2D eigenvalue weighted by atomic mass is 19.1. The number of aryl methyl sites for hydroxylation is 1. The molecule has 0 fully saturated rings. The lowest BCUT2D eigenvalue weighted by atomic mass is 10.1. The van der Waals surface area contributed by atoms with E-state index in [1.54, 1.807) is 28.9 Å². The van der Waals surface area contributed by atoms with Crippen LogP contribution in [0.15, 0.2) is 48.5 Å². The van der Waals surface area contributed by atoms with Gasteiger partial charge in [0.2, 0.25) is 5.88 Å². The topological polar surface area (TPSA) is 50.5 Å². The highest BCUT2D eigenvalue weighted by Gasteiger charge is 2.24. The number of aliphatic hydroxyl groups excluding tert-OH is 1. The monoisotopic (exact) mass is 457 g/mol. The van der Waals surface area contributed by atoms with Crippen LogP contribution in [-0.2, 0) is 6.54 Å². The van der Waals surface area contributed by atoms with E-state index in [0.717, 1.165) is 30.5 Å². The quantitative estimate of drug-likeness (QED) is 0.383. The zero-order valence-corrected chi connectivity index (χ0v) is 19.8. The van der Waals surface area contributed by atoms with Gasteiger partial charge in [-0.2, -0.15) is 5.10 Å². The number of rotatable bonds is 11. The molecular formula is C26H33F2N3O2. The summed E-state index contributed by atoms with van der Waals surface area (Å²) in [6.45, 7) is 9.25. The molecule has 1 aromatic heterocycles. The predicted octanol–water partition coefficient (Wildman–Crippen LogP) is 6.01. The molecule has 0 spiro atoms. The molecule has 0 aliphatic rings. The van der Waals surface area contributed by atoms with E-state index >= 15 is 0 Å². The summed E-state index contributed by atoms with van der Waals surface area (Å²) in [5, 5.41) is 15.2. The second kappa shape index (κ2) is 11.4. The van der Waals surface area contributed by atoms with E-state index in [2.05, 4.69) is 30.8 Å². The SMILES string of the molecule is CCCC[C@H](O)CN(Cc1c(C)nn(-c2ccc(F)cc2)c1Oc1ccc(F)cc1)C(C)C. The molecule has 1 heterocycles. The molecule has 33 heavy (non-hydrogen) atoms. The molecule has 1 atom stereocenters. The average molecular weight is 458 g/mol. The normalized spacial score (nSPS) is 12.5. The number of ether oxygens (including phenoxy) is 1. The van der Waals surface area contributed by atoms with E-state index in [9.17, 15) is 13.9 Å². The second-order valence-electron chi connectivity index (χ2n) is 8.63. The van der Waals surface area contributed by atoms with Gasteiger partial charge in [0.05, 0.1) is 23.0 Å². The summed E-state index contributed by atoms with van der Waals surface area (Å²) in [5.74, 6) is 0.271. The first-order chi connectivity index (χ1) is 15.8. The van der Waals surface area contributed by atoms with Crippen LogP contribution in [0.1, 0.15) is 51.3 Å². The van der Waals surface area contributed by atoms with E-state index in [4.69, 9.17) is 4.74 Å². The van der Waals surface area contributed by atoms with Crippen molar-refractivity contribution in [3.63, 3.8) is 0 Å². The Hall–Kier alpha value is -2.77. The number of aliphatic hydroxyl groups is 1. The Balaban J connectivity index is 1.98. The highest BCUT2D eigenvalue weighted by Crippen LogP contribution is 2.32. The molecule has 7 heteroatoms. The number of unbranched alkanes of at least 4 members (excludes halogenated alkanes) is 1. The van der Waals surface area contributed by atoms with Gasteiger partial charge >= 0.3 is 0 Å². The number of halogens is 2. The fraction of sp³-hybridized carbons (Fsp3) is 0.423. The molecule has 0 saturated carbocycles. The number of benzene rings is 2. The van der Waals surface area contributed by atoms with Gasteiger partial charge in [-0.15, -0.1) is 0 Å². The fourth-order valence-corrected chi connectivity index (χ4v) is 3.66. The van der Waals surface area contributed by atoms with Gasteiger partial charge in [-0.3, -0.25) is 4.90 Å². The van der Waals surface area contributed by atoms with E-state index in [1.165, 1.54) is 24.3 Å². The Morgan fingerprint density at radius 1 is 1.03 bits per heavy atom. The van der Waals surface area contributed by atoms with Crippen molar-refractivity contribution in [2.45, 2.75) is 65.6 Å². The number of nitrogens with zero attached hydrogens (tertiary/aromatic N) is 3. The summed E-state index contributed by atoms with van der Waals surface area (Å²) in [5.41, 5.74) is 2.28. The summed E-state index contributed by atoms with van der Waals surface area (Å²) < 4.78 is 34.8. The minimum atomic E-state index is -0.415. The van der Waals surface area contributed by atoms with Crippen molar-refractivity contribution in [1.29, 1.82) is 0 Å². The van der Waals surface area contributed by atoms with Crippen LogP contribution in [0.2, 0.25) is 0 Å². The fourth-order valence-electron chi connectivity index (χ4n) is 3.66. The van der Waals surface area contributed by atoms with E-state index in [1.807, 2.05) is 6.92 Å². The Morgan fingerprint density at radius 3 is 2.21 bits per heavy atom. The van der Waals surface area contributed by atoms with Crippen molar-refractivity contribution in [3.05, 3.63) is 71.4 Å². The third-order valence-electron chi connectivity index (χ3n) is 5.66. The first-order valence-corrected chi connectivity index (χ1v) is 11.5. The van der Waals surface area contributed by atoms with Crippen molar-refractivity contribution < 1.29 is 18.6 Å². The molecular weight excluding hydrogens is 424 g/mol. The standard InChI is InChI=1S/C26H33F2N3O2/c1-5-6-7-23(32)16-30(18(2)3)17-25-19(4)29-31(22-12-8-20(27)9-13-22)26(25)33-24-14-10-21(28)11-15-24/h8-15,18,23,32H,5-7,16-17H2,1-4H3/t23-/m0/s1. The second-order valence-corrected chi connectivity index (χ2v) is 8.63. The molecule has 1 N–H and O–H groups in total. The van der Waals surface area contributed by atoms with E-state index in [0.29, 0.717) is 30.4 Å². The molecule has 0 saturated heterocycles. The summed E-state index contributed by atoms with van der Waals surface area (Å²) in [7, 11) is 0. The molecule has 178 valence electrons. The minimum Gasteiger partial charge on any atom is -0.439 e. The van der Waals surface area contributed by atoms with Crippen molar-refractivity contribution in [2.24, 2.45) is 0 Å². The number of aromatic nitrogens is 2. The van der Waals surface area contributed by atoms with Crippen LogP contribution >= 0.6 is 0 Å². The third-order valence-corrected chi connectivity index (χ3v) is 5.66. The Morgan fingerprint density at radius 2 is 1.64 bits per heavy atom. The maximum atomic E-state index is 13.5. The van der Waals surface area contributed by atoms with Gasteiger partial charge in [0.25, 0.3) is 0 Å². The zero-order chi connectivity index (χ0) is 24.0. The Kier molecular flexibility index (Phi) is 8.58. The van der Waals surface area contributed by atoms with Gasteiger partial charge in [0.15, 0.2) is 0 Å². The lowest BCUT2D eigenvalue weighted by molar-refractivity contribution is 0.0827. The van der Waals surface area contributed by atoms with Crippen molar-refractivity contribution >= 4 is 0 Å². The van der Waals surface area contributed by atoms with Crippen molar-refractivity contribution in [3.8, 4) is 17.3 Å². The van der Waals surface area contributed by atoms with Gasteiger partial charge in [-0.25, -0.2) is 13.5 Å². The Labute approximate surface area is 194 Å². The van der Waals surface area contributed by atoms with Gasteiger partial charge in [0.1, 0.15) is 17.4 Å². The van der Waals surface area contributed by atoms with Crippen LogP contribution in [-0.4, -0.2) is 38.5 Å². The molecule has 0 aliphatic carbocycles. The van der Waals surface area contributed by atoms with E-state index < -0.39 is 6.10 Å². The van der Waals surface area contributed by atoms with Crippen LogP contribution in [0.4, 0.5) is 8.78 Å². The third kappa shape index (κ3) is 6.62. The molecule has 0 bridgehead atoms. The number of hydrogen-bond donors (Lipinski definition) is 1. The van der Waals surface area contributed by atoms with Crippen LogP contribution in [0.5, 0.6) is 11.6 Å². The van der Waals surface area contributed by atoms with Crippen LogP contribution in [0.25, 0.3) is 5.69 Å². The summed E-state index contributed by atoms with van der Waals surface area (Å²) in [6, 6.07) is 12.0. The minimum absolute atomic E-state index is 0.188. The average Bonchev–Trinajstić information content (AvgIpc) is 3.08. The maximum Gasteiger partial charge on any atom is 0.227 e. The van der Waals surface area contributed by atoms with Crippen LogP contribution < -0.4 is 4.74 Å². The summed E-state index contributed by atoms with van der Waals surface area (Å²) in [6.07, 6.45) is 2.36. The smallest absolute Gasteiger partial charge is 0.227 e. The lowest BCUT2D eigenvalue weighted by Gasteiger charge is -2.29. The molecule has 5 nitrogen and oxygen atoms in total. The maximum absolute atomic E-state index is 13.5. The molecule has 3 rings (SSSR count). The van der Waals surface area contributed by atoms with Gasteiger partial charge in [0, 0.05) is 19.1 Å². The molecule has 0 radical (unpaired) electrons. The van der Waals surface area contributed by atoms with Crippen molar-refractivity contribution in [1.82, 2.24) is 14.7 Å². The lowest BCUT2D eigenvalue weighted by Crippen LogP contribution is -2.37. The van der Waals surface area contributed by atoms with E-state index in [-0.39, 0.29) is 17.7 Å². The first-order valence-electron chi connectivity index (χ1n) is 11.5. The predicted molar refractivity (Wildman–Crippen MR) is 126 cm³/mol. The largest absolute Gasteiger partial charge is 0.439 e. The molecule has 0 aliphatic heterocycles. The molecule has 0 unspecified atom stereocenters.